The quantitative estimate of drug-likeness (QED) is 0.495. The summed E-state index contributed by atoms with van der Waals surface area (Å²) in [5.74, 6) is 0.951. The minimum absolute atomic E-state index is 0.134. The van der Waals surface area contributed by atoms with Crippen molar-refractivity contribution in [2.75, 3.05) is 20.3 Å². The van der Waals surface area contributed by atoms with Gasteiger partial charge in [0.15, 0.2) is 11.5 Å². The van der Waals surface area contributed by atoms with Crippen LogP contribution in [0.2, 0.25) is 0 Å². The van der Waals surface area contributed by atoms with Crippen LogP contribution in [0.5, 0.6) is 11.5 Å². The molecule has 0 unspecified atom stereocenters. The van der Waals surface area contributed by atoms with Crippen LogP contribution in [0.1, 0.15) is 31.4 Å². The van der Waals surface area contributed by atoms with Gasteiger partial charge < -0.3 is 19.5 Å². The van der Waals surface area contributed by atoms with Crippen LogP contribution < -0.4 is 14.8 Å². The molecule has 2 aromatic rings. The lowest BCUT2D eigenvalue weighted by atomic mass is 10.1. The van der Waals surface area contributed by atoms with Gasteiger partial charge in [-0.1, -0.05) is 34.1 Å². The summed E-state index contributed by atoms with van der Waals surface area (Å²) < 4.78 is 31.8. The average molecular weight is 440 g/mol. The Hall–Kier alpha value is -1.63. The molecule has 4 nitrogen and oxygen atoms in total. The molecule has 0 saturated carbocycles. The molecule has 0 amide bonds. The van der Waals surface area contributed by atoms with Gasteiger partial charge in [0.1, 0.15) is 12.4 Å². The van der Waals surface area contributed by atoms with Gasteiger partial charge in [-0.25, -0.2) is 4.39 Å². The monoisotopic (exact) mass is 439 g/mol. The van der Waals surface area contributed by atoms with E-state index in [1.54, 1.807) is 25.3 Å². The van der Waals surface area contributed by atoms with Gasteiger partial charge >= 0.3 is 0 Å². The molecule has 0 radical (unpaired) electrons. The molecule has 1 N–H and O–H groups in total. The van der Waals surface area contributed by atoms with Crippen LogP contribution in [0.4, 0.5) is 4.39 Å². The van der Waals surface area contributed by atoms with Crippen LogP contribution in [-0.4, -0.2) is 26.4 Å². The first kappa shape index (κ1) is 21.7. The fraction of sp³-hybridized carbons (Fsp3) is 0.429. The zero-order valence-electron chi connectivity index (χ0n) is 16.1. The van der Waals surface area contributed by atoms with Crippen LogP contribution in [0.25, 0.3) is 0 Å². The summed E-state index contributed by atoms with van der Waals surface area (Å²) >= 11 is 3.58. The molecule has 0 aliphatic rings. The van der Waals surface area contributed by atoms with Gasteiger partial charge in [0.25, 0.3) is 0 Å². The van der Waals surface area contributed by atoms with Crippen LogP contribution in [0.15, 0.2) is 40.9 Å². The lowest BCUT2D eigenvalue weighted by Gasteiger charge is -2.17. The Morgan fingerprint density at radius 1 is 1.15 bits per heavy atom. The minimum atomic E-state index is -0.281. The number of rotatable bonds is 11. The Bertz CT molecular complexity index is 725. The first-order valence-electron chi connectivity index (χ1n) is 9.06. The lowest BCUT2D eigenvalue weighted by molar-refractivity contribution is 0.0770. The molecular formula is C21H27BrFNO3. The van der Waals surface area contributed by atoms with Gasteiger partial charge in [-0.3, -0.25) is 0 Å². The largest absolute Gasteiger partial charge is 0.493 e. The summed E-state index contributed by atoms with van der Waals surface area (Å²) in [6.07, 6.45) is 1.17. The molecule has 0 bridgehead atoms. The van der Waals surface area contributed by atoms with E-state index in [0.717, 1.165) is 29.6 Å². The van der Waals surface area contributed by atoms with Crippen molar-refractivity contribution < 1.29 is 18.6 Å². The highest BCUT2D eigenvalue weighted by Gasteiger charge is 2.15. The summed E-state index contributed by atoms with van der Waals surface area (Å²) in [5, 5.41) is 3.40. The van der Waals surface area contributed by atoms with E-state index in [-0.39, 0.29) is 18.5 Å². The number of hydrogen-bond donors (Lipinski definition) is 1. The minimum Gasteiger partial charge on any atom is -0.493 e. The Kier molecular flexibility index (Phi) is 9.04. The van der Waals surface area contributed by atoms with E-state index >= 15 is 0 Å². The van der Waals surface area contributed by atoms with Crippen molar-refractivity contribution in [3.8, 4) is 11.5 Å². The number of benzene rings is 2. The second kappa shape index (κ2) is 11.3. The van der Waals surface area contributed by atoms with Crippen LogP contribution >= 0.6 is 15.9 Å². The normalized spacial score (nSPS) is 11.0. The van der Waals surface area contributed by atoms with E-state index in [4.69, 9.17) is 14.2 Å². The number of hydrogen-bond acceptors (Lipinski definition) is 4. The second-order valence-electron chi connectivity index (χ2n) is 6.39. The maximum atomic E-state index is 13.9. The third-order valence-corrected chi connectivity index (χ3v) is 4.71. The number of ether oxygens (including phenoxy) is 3. The van der Waals surface area contributed by atoms with Gasteiger partial charge in [-0.05, 0) is 45.0 Å². The Morgan fingerprint density at radius 3 is 2.63 bits per heavy atom. The smallest absolute Gasteiger partial charge is 0.167 e. The maximum absolute atomic E-state index is 13.9. The molecule has 27 heavy (non-hydrogen) atoms. The van der Waals surface area contributed by atoms with E-state index in [2.05, 4.69) is 21.2 Å². The summed E-state index contributed by atoms with van der Waals surface area (Å²) in [6.45, 7) is 6.34. The highest BCUT2D eigenvalue weighted by molar-refractivity contribution is 9.10. The third kappa shape index (κ3) is 6.79. The zero-order chi connectivity index (χ0) is 19.6. The number of nitrogens with one attached hydrogen (secondary N) is 1. The van der Waals surface area contributed by atoms with E-state index in [0.29, 0.717) is 23.6 Å². The Morgan fingerprint density at radius 2 is 1.93 bits per heavy atom. The van der Waals surface area contributed by atoms with Gasteiger partial charge in [0.2, 0.25) is 0 Å². The fourth-order valence-electron chi connectivity index (χ4n) is 2.56. The predicted molar refractivity (Wildman–Crippen MR) is 109 cm³/mol. The molecule has 0 atom stereocenters. The molecule has 148 valence electrons. The van der Waals surface area contributed by atoms with E-state index in [1.807, 2.05) is 26.0 Å². The van der Waals surface area contributed by atoms with Crippen molar-refractivity contribution in [3.63, 3.8) is 0 Å². The van der Waals surface area contributed by atoms with Crippen molar-refractivity contribution in [1.82, 2.24) is 5.32 Å². The summed E-state index contributed by atoms with van der Waals surface area (Å²) in [5.41, 5.74) is 1.44. The maximum Gasteiger partial charge on any atom is 0.167 e. The topological polar surface area (TPSA) is 39.7 Å². The van der Waals surface area contributed by atoms with Crippen LogP contribution in [0.3, 0.4) is 0 Å². The molecule has 2 rings (SSSR count). The molecule has 0 spiro atoms. The molecule has 0 heterocycles. The molecule has 2 aromatic carbocycles. The predicted octanol–water partition coefficient (Wildman–Crippen LogP) is 5.08. The standard InChI is InChI=1S/C21H27BrFNO3/c1-15(2)26-12-6-11-24-13-17-18(22)9-10-20(25-3)21(17)27-14-16-7-4-5-8-19(16)23/h4-5,7-10,15,24H,6,11-14H2,1-3H3. The van der Waals surface area contributed by atoms with E-state index in [1.165, 1.54) is 6.07 Å². The average Bonchev–Trinajstić information content (AvgIpc) is 2.65. The molecule has 0 aliphatic heterocycles. The summed E-state index contributed by atoms with van der Waals surface area (Å²) in [6, 6.07) is 10.4. The van der Waals surface area contributed by atoms with Crippen molar-refractivity contribution in [2.45, 2.75) is 39.5 Å². The van der Waals surface area contributed by atoms with E-state index in [9.17, 15) is 4.39 Å². The molecular weight excluding hydrogens is 413 g/mol. The highest BCUT2D eigenvalue weighted by Crippen LogP contribution is 2.36. The Balaban J connectivity index is 2.03. The fourth-order valence-corrected chi connectivity index (χ4v) is 3.01. The lowest BCUT2D eigenvalue weighted by Crippen LogP contribution is -2.18. The van der Waals surface area contributed by atoms with Crippen molar-refractivity contribution >= 4 is 15.9 Å². The van der Waals surface area contributed by atoms with Crippen LogP contribution in [-0.2, 0) is 17.9 Å². The van der Waals surface area contributed by atoms with Crippen molar-refractivity contribution in [2.24, 2.45) is 0 Å². The van der Waals surface area contributed by atoms with Crippen LogP contribution in [0, 0.1) is 5.82 Å². The van der Waals surface area contributed by atoms with Gasteiger partial charge in [0, 0.05) is 28.8 Å². The number of methoxy groups -OCH3 is 1. The van der Waals surface area contributed by atoms with Gasteiger partial charge in [-0.15, -0.1) is 0 Å². The molecule has 6 heteroatoms. The number of halogens is 2. The molecule has 0 aliphatic carbocycles. The first-order valence-corrected chi connectivity index (χ1v) is 9.86. The van der Waals surface area contributed by atoms with Gasteiger partial charge in [-0.2, -0.15) is 0 Å². The van der Waals surface area contributed by atoms with E-state index < -0.39 is 0 Å². The van der Waals surface area contributed by atoms with Gasteiger partial charge in [0.05, 0.1) is 13.2 Å². The molecule has 0 fully saturated rings. The van der Waals surface area contributed by atoms with Crippen molar-refractivity contribution in [1.29, 1.82) is 0 Å². The van der Waals surface area contributed by atoms with Crippen molar-refractivity contribution in [3.05, 3.63) is 57.8 Å². The highest BCUT2D eigenvalue weighted by atomic mass is 79.9. The Labute approximate surface area is 169 Å². The summed E-state index contributed by atoms with van der Waals surface area (Å²) in [4.78, 5) is 0. The molecule has 0 saturated heterocycles. The second-order valence-corrected chi connectivity index (χ2v) is 7.24. The summed E-state index contributed by atoms with van der Waals surface area (Å²) in [7, 11) is 1.60. The first-order chi connectivity index (χ1) is 13.0. The third-order valence-electron chi connectivity index (χ3n) is 3.97. The molecule has 0 aromatic heterocycles. The zero-order valence-corrected chi connectivity index (χ0v) is 17.6. The SMILES string of the molecule is COc1ccc(Br)c(CNCCCOC(C)C)c1OCc1ccccc1F.